The summed E-state index contributed by atoms with van der Waals surface area (Å²) in [4.78, 5) is 13.6. The zero-order valence-electron chi connectivity index (χ0n) is 9.45. The SMILES string of the molecule is N#CN1CC[C@@H](NC(=O)C2=CC=C(I)CC2)C1. The lowest BCUT2D eigenvalue weighted by Crippen LogP contribution is -2.37. The van der Waals surface area contributed by atoms with Gasteiger partial charge in [0, 0.05) is 24.7 Å². The Balaban J connectivity index is 1.88. The maximum Gasteiger partial charge on any atom is 0.247 e. The lowest BCUT2D eigenvalue weighted by Gasteiger charge is -2.15. The average Bonchev–Trinajstić information content (AvgIpc) is 2.77. The quantitative estimate of drug-likeness (QED) is 0.613. The summed E-state index contributed by atoms with van der Waals surface area (Å²) >= 11 is 2.29. The molecule has 0 spiro atoms. The van der Waals surface area contributed by atoms with E-state index in [1.807, 2.05) is 12.2 Å². The molecule has 2 aliphatic rings. The molecule has 2 rings (SSSR count). The molecule has 1 saturated heterocycles. The fourth-order valence-corrected chi connectivity index (χ4v) is 2.50. The number of halogens is 1. The Hall–Kier alpha value is -1.03. The van der Waals surface area contributed by atoms with Crippen molar-refractivity contribution in [3.05, 3.63) is 21.3 Å². The van der Waals surface area contributed by atoms with Crippen LogP contribution in [-0.2, 0) is 4.79 Å². The molecule has 1 atom stereocenters. The van der Waals surface area contributed by atoms with Crippen LogP contribution in [0.4, 0.5) is 0 Å². The van der Waals surface area contributed by atoms with Gasteiger partial charge in [0.15, 0.2) is 6.19 Å². The molecule has 1 fully saturated rings. The maximum absolute atomic E-state index is 11.9. The number of amides is 1. The third-order valence-corrected chi connectivity index (χ3v) is 3.95. The normalized spacial score (nSPS) is 23.8. The van der Waals surface area contributed by atoms with E-state index in [0.717, 1.165) is 31.4 Å². The largest absolute Gasteiger partial charge is 0.348 e. The molecule has 5 heteroatoms. The molecule has 1 amide bonds. The zero-order valence-corrected chi connectivity index (χ0v) is 11.6. The van der Waals surface area contributed by atoms with Crippen LogP contribution in [0.25, 0.3) is 0 Å². The van der Waals surface area contributed by atoms with Crippen LogP contribution in [0, 0.1) is 11.5 Å². The highest BCUT2D eigenvalue weighted by Crippen LogP contribution is 2.23. The first kappa shape index (κ1) is 12.4. The van der Waals surface area contributed by atoms with Gasteiger partial charge in [-0.3, -0.25) is 4.79 Å². The Bertz CT molecular complexity index is 422. The molecule has 90 valence electrons. The first-order valence-corrected chi connectivity index (χ1v) is 6.77. The number of likely N-dealkylation sites (tertiary alicyclic amines) is 1. The van der Waals surface area contributed by atoms with E-state index in [-0.39, 0.29) is 11.9 Å². The van der Waals surface area contributed by atoms with E-state index in [1.165, 1.54) is 3.58 Å². The van der Waals surface area contributed by atoms with Gasteiger partial charge in [-0.15, -0.1) is 0 Å². The highest BCUT2D eigenvalue weighted by molar-refractivity contribution is 14.1. The number of nitrogens with one attached hydrogen (secondary N) is 1. The number of nitrogens with zero attached hydrogens (tertiary/aromatic N) is 2. The highest BCUT2D eigenvalue weighted by atomic mass is 127. The summed E-state index contributed by atoms with van der Waals surface area (Å²) in [7, 11) is 0. The van der Waals surface area contributed by atoms with Gasteiger partial charge >= 0.3 is 0 Å². The molecule has 0 aromatic carbocycles. The van der Waals surface area contributed by atoms with E-state index in [0.29, 0.717) is 6.54 Å². The Labute approximate surface area is 114 Å². The van der Waals surface area contributed by atoms with E-state index in [2.05, 4.69) is 34.1 Å². The second-order valence-corrected chi connectivity index (χ2v) is 5.70. The Morgan fingerprint density at radius 1 is 1.53 bits per heavy atom. The Kier molecular flexibility index (Phi) is 4.05. The van der Waals surface area contributed by atoms with Crippen LogP contribution in [0.15, 0.2) is 21.3 Å². The van der Waals surface area contributed by atoms with E-state index in [1.54, 1.807) is 4.90 Å². The van der Waals surface area contributed by atoms with E-state index >= 15 is 0 Å². The molecule has 1 aliphatic carbocycles. The fourth-order valence-electron chi connectivity index (χ4n) is 2.05. The number of carbonyl (C=O) groups is 1. The van der Waals surface area contributed by atoms with Crippen molar-refractivity contribution in [3.8, 4) is 6.19 Å². The Morgan fingerprint density at radius 3 is 2.94 bits per heavy atom. The molecule has 17 heavy (non-hydrogen) atoms. The maximum atomic E-state index is 11.9. The molecule has 0 aromatic heterocycles. The number of carbonyl (C=O) groups excluding carboxylic acids is 1. The van der Waals surface area contributed by atoms with Crippen molar-refractivity contribution in [1.82, 2.24) is 10.2 Å². The average molecular weight is 343 g/mol. The van der Waals surface area contributed by atoms with E-state index < -0.39 is 0 Å². The first-order valence-electron chi connectivity index (χ1n) is 5.70. The van der Waals surface area contributed by atoms with Crippen molar-refractivity contribution in [2.45, 2.75) is 25.3 Å². The molecule has 0 saturated carbocycles. The highest BCUT2D eigenvalue weighted by Gasteiger charge is 2.24. The molecule has 4 nitrogen and oxygen atoms in total. The van der Waals surface area contributed by atoms with E-state index in [9.17, 15) is 4.79 Å². The summed E-state index contributed by atoms with van der Waals surface area (Å²) in [5.74, 6) is 0.0231. The predicted octanol–water partition coefficient (Wildman–Crippen LogP) is 1.70. The van der Waals surface area contributed by atoms with Crippen LogP contribution in [0.1, 0.15) is 19.3 Å². The van der Waals surface area contributed by atoms with Gasteiger partial charge in [0.25, 0.3) is 0 Å². The number of hydrogen-bond acceptors (Lipinski definition) is 3. The zero-order chi connectivity index (χ0) is 12.3. The molecular formula is C12H14IN3O. The minimum atomic E-state index is 0.0231. The number of hydrogen-bond donors (Lipinski definition) is 1. The monoisotopic (exact) mass is 343 g/mol. The second-order valence-electron chi connectivity index (χ2n) is 4.31. The van der Waals surface area contributed by atoms with Gasteiger partial charge in [-0.2, -0.15) is 5.26 Å². The number of allylic oxidation sites excluding steroid dienone is 3. The van der Waals surface area contributed by atoms with Crippen LogP contribution >= 0.6 is 22.6 Å². The minimum Gasteiger partial charge on any atom is -0.348 e. The van der Waals surface area contributed by atoms with Gasteiger partial charge < -0.3 is 10.2 Å². The topological polar surface area (TPSA) is 56.1 Å². The Morgan fingerprint density at radius 2 is 2.35 bits per heavy atom. The lowest BCUT2D eigenvalue weighted by atomic mass is 10.0. The van der Waals surface area contributed by atoms with Crippen LogP contribution in [0.2, 0.25) is 0 Å². The third-order valence-electron chi connectivity index (χ3n) is 3.06. The van der Waals surface area contributed by atoms with Gasteiger partial charge in [0.1, 0.15) is 0 Å². The minimum absolute atomic E-state index is 0.0231. The summed E-state index contributed by atoms with van der Waals surface area (Å²) in [5, 5.41) is 11.7. The van der Waals surface area contributed by atoms with Crippen molar-refractivity contribution in [2.75, 3.05) is 13.1 Å². The smallest absolute Gasteiger partial charge is 0.247 e. The molecule has 0 aromatic rings. The van der Waals surface area contributed by atoms with Crippen LogP contribution in [0.5, 0.6) is 0 Å². The first-order chi connectivity index (χ1) is 8.19. The molecule has 0 radical (unpaired) electrons. The van der Waals surface area contributed by atoms with Crippen LogP contribution < -0.4 is 5.32 Å². The van der Waals surface area contributed by atoms with Gasteiger partial charge in [-0.1, -0.05) is 12.2 Å². The van der Waals surface area contributed by atoms with Gasteiger partial charge in [-0.05, 0) is 45.4 Å². The third kappa shape index (κ3) is 3.22. The molecule has 0 unspecified atom stereocenters. The standard InChI is InChI=1S/C12H14IN3O/c13-10-3-1-9(2-4-10)12(17)15-11-5-6-16(7-11)8-14/h1,3,11H,2,4-7H2,(H,15,17)/t11-/m1/s1. The lowest BCUT2D eigenvalue weighted by molar-refractivity contribution is -0.118. The van der Waals surface area contributed by atoms with Gasteiger partial charge in [0.05, 0.1) is 0 Å². The summed E-state index contributed by atoms with van der Waals surface area (Å²) in [6.07, 6.45) is 8.63. The summed E-state index contributed by atoms with van der Waals surface area (Å²) in [5.41, 5.74) is 0.848. The summed E-state index contributed by atoms with van der Waals surface area (Å²) in [6, 6.07) is 0.119. The molecule has 1 N–H and O–H groups in total. The summed E-state index contributed by atoms with van der Waals surface area (Å²) in [6.45, 7) is 1.39. The van der Waals surface area contributed by atoms with Crippen LogP contribution in [-0.4, -0.2) is 29.9 Å². The van der Waals surface area contributed by atoms with Gasteiger partial charge in [0.2, 0.25) is 5.91 Å². The molecule has 1 aliphatic heterocycles. The van der Waals surface area contributed by atoms with Gasteiger partial charge in [-0.25, -0.2) is 0 Å². The van der Waals surface area contributed by atoms with Crippen LogP contribution in [0.3, 0.4) is 0 Å². The number of rotatable bonds is 2. The van der Waals surface area contributed by atoms with Crippen molar-refractivity contribution in [1.29, 1.82) is 5.26 Å². The fraction of sp³-hybridized carbons (Fsp3) is 0.500. The molecular weight excluding hydrogens is 329 g/mol. The molecule has 0 bridgehead atoms. The molecule has 1 heterocycles. The van der Waals surface area contributed by atoms with Crippen molar-refractivity contribution in [3.63, 3.8) is 0 Å². The van der Waals surface area contributed by atoms with Crippen molar-refractivity contribution in [2.24, 2.45) is 0 Å². The summed E-state index contributed by atoms with van der Waals surface area (Å²) < 4.78 is 1.29. The van der Waals surface area contributed by atoms with Crippen molar-refractivity contribution < 1.29 is 4.79 Å². The number of nitriles is 1. The predicted molar refractivity (Wildman–Crippen MR) is 73.2 cm³/mol. The van der Waals surface area contributed by atoms with E-state index in [4.69, 9.17) is 5.26 Å². The second kappa shape index (κ2) is 5.54. The van der Waals surface area contributed by atoms with Crippen molar-refractivity contribution >= 4 is 28.5 Å².